The minimum absolute atomic E-state index is 0.0539. The van der Waals surface area contributed by atoms with Crippen molar-refractivity contribution in [3.63, 3.8) is 0 Å². The SMILES string of the molecule is Nc1ncc2nc(Nc3c(F)cc(F)cc3F)n(C3CCOC3)c2n1.O=C(C1CCCCC1)N1CCCC1. The number of aromatic nitrogens is 4. The molecule has 12 heteroatoms. The topological polar surface area (TPSA) is 111 Å². The van der Waals surface area contributed by atoms with Gasteiger partial charge in [0.1, 0.15) is 17.0 Å². The number of nitrogen functional groups attached to an aromatic ring is 1. The predicted molar refractivity (Wildman–Crippen MR) is 136 cm³/mol. The Morgan fingerprint density at radius 1 is 1.00 bits per heavy atom. The van der Waals surface area contributed by atoms with Crippen molar-refractivity contribution in [2.24, 2.45) is 5.92 Å². The number of nitrogens with two attached hydrogens (primary N) is 1. The minimum Gasteiger partial charge on any atom is -0.379 e. The van der Waals surface area contributed by atoms with Gasteiger partial charge >= 0.3 is 0 Å². The predicted octanol–water partition coefficient (Wildman–Crippen LogP) is 4.72. The average Bonchev–Trinajstić information content (AvgIpc) is 3.68. The lowest BCUT2D eigenvalue weighted by atomic mass is 9.88. The number of hydrogen-bond acceptors (Lipinski definition) is 7. The van der Waals surface area contributed by atoms with Crippen molar-refractivity contribution in [3.05, 3.63) is 35.8 Å². The monoisotopic (exact) mass is 531 g/mol. The van der Waals surface area contributed by atoms with E-state index in [0.29, 0.717) is 54.8 Å². The Balaban J connectivity index is 0.000000190. The van der Waals surface area contributed by atoms with E-state index in [1.54, 1.807) is 4.57 Å². The van der Waals surface area contributed by atoms with Gasteiger partial charge in [-0.3, -0.25) is 9.36 Å². The Hall–Kier alpha value is -3.41. The molecule has 2 saturated heterocycles. The first-order valence-corrected chi connectivity index (χ1v) is 13.2. The van der Waals surface area contributed by atoms with Crippen LogP contribution in [0.5, 0.6) is 0 Å². The lowest BCUT2D eigenvalue weighted by Gasteiger charge is -2.25. The zero-order valence-corrected chi connectivity index (χ0v) is 21.1. The second-order valence-corrected chi connectivity index (χ2v) is 10.00. The van der Waals surface area contributed by atoms with E-state index in [-0.39, 0.29) is 17.9 Å². The molecule has 6 rings (SSSR count). The quantitative estimate of drug-likeness (QED) is 0.501. The van der Waals surface area contributed by atoms with E-state index in [2.05, 4.69) is 25.2 Å². The number of amides is 1. The fraction of sp³-hybridized carbons (Fsp3) is 0.538. The molecule has 3 aliphatic rings. The molecule has 1 amide bonds. The molecule has 1 atom stereocenters. The van der Waals surface area contributed by atoms with Crippen molar-refractivity contribution < 1.29 is 22.7 Å². The van der Waals surface area contributed by atoms with Gasteiger partial charge in [0.15, 0.2) is 17.3 Å². The minimum atomic E-state index is -1.07. The van der Waals surface area contributed by atoms with E-state index >= 15 is 0 Å². The normalized spacial score (nSPS) is 20.0. The first-order valence-electron chi connectivity index (χ1n) is 13.2. The number of carbonyl (C=O) groups excluding carboxylic acids is 1. The molecular weight excluding hydrogens is 499 g/mol. The number of hydrogen-bond donors (Lipinski definition) is 2. The van der Waals surface area contributed by atoms with Crippen molar-refractivity contribution >= 4 is 34.7 Å². The van der Waals surface area contributed by atoms with Crippen LogP contribution in [0.15, 0.2) is 18.3 Å². The Kier molecular flexibility index (Phi) is 7.96. The Morgan fingerprint density at radius 2 is 1.71 bits per heavy atom. The second kappa shape index (κ2) is 11.5. The molecule has 3 aromatic rings. The number of imidazole rings is 1. The number of fused-ring (bicyclic) bond motifs is 1. The molecule has 4 heterocycles. The van der Waals surface area contributed by atoms with Crippen molar-refractivity contribution in [1.29, 1.82) is 0 Å². The van der Waals surface area contributed by atoms with Crippen LogP contribution >= 0.6 is 0 Å². The van der Waals surface area contributed by atoms with E-state index in [1.165, 1.54) is 38.3 Å². The van der Waals surface area contributed by atoms with Gasteiger partial charge in [-0.05, 0) is 32.1 Å². The zero-order valence-electron chi connectivity index (χ0n) is 21.1. The van der Waals surface area contributed by atoms with Crippen LogP contribution in [0.4, 0.5) is 30.8 Å². The van der Waals surface area contributed by atoms with Crippen LogP contribution in [0.1, 0.15) is 57.4 Å². The van der Waals surface area contributed by atoms with Crippen molar-refractivity contribution in [1.82, 2.24) is 24.4 Å². The van der Waals surface area contributed by atoms with E-state index in [4.69, 9.17) is 10.5 Å². The van der Waals surface area contributed by atoms with Gasteiger partial charge in [0.25, 0.3) is 0 Å². The van der Waals surface area contributed by atoms with Gasteiger partial charge in [-0.2, -0.15) is 4.98 Å². The van der Waals surface area contributed by atoms with E-state index < -0.39 is 23.1 Å². The summed E-state index contributed by atoms with van der Waals surface area (Å²) in [7, 11) is 0. The highest BCUT2D eigenvalue weighted by molar-refractivity contribution is 5.79. The third-order valence-corrected chi connectivity index (χ3v) is 7.34. The zero-order chi connectivity index (χ0) is 26.6. The number of rotatable bonds is 4. The summed E-state index contributed by atoms with van der Waals surface area (Å²) in [5, 5.41) is 2.59. The molecule has 3 N–H and O–H groups in total. The molecule has 1 aromatic carbocycles. The van der Waals surface area contributed by atoms with Gasteiger partial charge in [-0.1, -0.05) is 19.3 Å². The van der Waals surface area contributed by atoms with Gasteiger partial charge in [0, 0.05) is 37.7 Å². The first-order chi connectivity index (χ1) is 18.4. The van der Waals surface area contributed by atoms with Crippen LogP contribution in [-0.2, 0) is 9.53 Å². The highest BCUT2D eigenvalue weighted by Gasteiger charge is 2.28. The van der Waals surface area contributed by atoms with Crippen LogP contribution in [0.3, 0.4) is 0 Å². The molecule has 3 fully saturated rings. The highest BCUT2D eigenvalue weighted by Crippen LogP contribution is 2.32. The third kappa shape index (κ3) is 5.69. The summed E-state index contributed by atoms with van der Waals surface area (Å²) < 4.78 is 48.1. The lowest BCUT2D eigenvalue weighted by Crippen LogP contribution is -2.34. The highest BCUT2D eigenvalue weighted by atomic mass is 19.1. The van der Waals surface area contributed by atoms with Crippen LogP contribution in [0.2, 0.25) is 0 Å². The molecular formula is C26H32F3N7O2. The average molecular weight is 532 g/mol. The Morgan fingerprint density at radius 3 is 2.37 bits per heavy atom. The van der Waals surface area contributed by atoms with Gasteiger partial charge in [-0.25, -0.2) is 23.1 Å². The number of benzene rings is 1. The summed E-state index contributed by atoms with van der Waals surface area (Å²) in [4.78, 5) is 26.3. The number of anilines is 3. The number of nitrogens with zero attached hydrogens (tertiary/aromatic N) is 5. The smallest absolute Gasteiger partial charge is 0.225 e. The van der Waals surface area contributed by atoms with Crippen molar-refractivity contribution in [2.45, 2.75) is 57.4 Å². The molecule has 38 heavy (non-hydrogen) atoms. The maximum Gasteiger partial charge on any atom is 0.225 e. The molecule has 0 radical (unpaired) electrons. The molecule has 204 valence electrons. The van der Waals surface area contributed by atoms with Crippen molar-refractivity contribution in [3.8, 4) is 0 Å². The second-order valence-electron chi connectivity index (χ2n) is 10.00. The summed E-state index contributed by atoms with van der Waals surface area (Å²) in [6, 6.07) is 1.05. The number of ether oxygens (including phenoxy) is 1. The van der Waals surface area contributed by atoms with Gasteiger partial charge in [-0.15, -0.1) is 0 Å². The molecule has 0 bridgehead atoms. The Labute approximate surface area is 218 Å². The van der Waals surface area contributed by atoms with E-state index in [0.717, 1.165) is 25.9 Å². The summed E-state index contributed by atoms with van der Waals surface area (Å²) in [6.45, 7) is 2.99. The Bertz CT molecular complexity index is 1260. The maximum atomic E-state index is 14.0. The van der Waals surface area contributed by atoms with Crippen LogP contribution in [-0.4, -0.2) is 56.6 Å². The molecule has 1 saturated carbocycles. The first kappa shape index (κ1) is 26.2. The lowest BCUT2D eigenvalue weighted by molar-refractivity contribution is -0.135. The number of nitrogens with one attached hydrogen (secondary N) is 1. The van der Waals surface area contributed by atoms with Gasteiger partial charge < -0.3 is 20.7 Å². The van der Waals surface area contributed by atoms with Crippen LogP contribution < -0.4 is 11.1 Å². The fourth-order valence-corrected chi connectivity index (χ4v) is 5.38. The third-order valence-electron chi connectivity index (χ3n) is 7.34. The van der Waals surface area contributed by atoms with Crippen LogP contribution in [0.25, 0.3) is 11.2 Å². The summed E-state index contributed by atoms with van der Waals surface area (Å²) >= 11 is 0. The number of carbonyl (C=O) groups is 1. The molecule has 2 aliphatic heterocycles. The van der Waals surface area contributed by atoms with Gasteiger partial charge in [0.2, 0.25) is 17.8 Å². The molecule has 2 aromatic heterocycles. The number of halogens is 3. The summed E-state index contributed by atoms with van der Waals surface area (Å²) in [6.07, 6.45) is 10.7. The molecule has 0 spiro atoms. The molecule has 1 aliphatic carbocycles. The maximum absolute atomic E-state index is 14.0. The number of likely N-dealkylation sites (tertiary alicyclic amines) is 1. The largest absolute Gasteiger partial charge is 0.379 e. The summed E-state index contributed by atoms with van der Waals surface area (Å²) in [5.74, 6) is -2.09. The standard InChI is InChI=1S/C15H13F3N6O.C11H19NO/c16-7-3-9(17)12(10(18)4-7)22-15-21-11-5-20-14(19)23-13(11)24(15)8-1-2-25-6-8;13-11(12-8-4-5-9-12)10-6-2-1-3-7-10/h3-5,8H,1-2,6H2,(H,21,22)(H2,19,20,23);10H,1-9H2. The van der Waals surface area contributed by atoms with Crippen LogP contribution in [0, 0.1) is 23.4 Å². The molecule has 1 unspecified atom stereocenters. The van der Waals surface area contributed by atoms with E-state index in [9.17, 15) is 18.0 Å². The van der Waals surface area contributed by atoms with E-state index in [1.807, 2.05) is 0 Å². The van der Waals surface area contributed by atoms with Gasteiger partial charge in [0.05, 0.1) is 18.8 Å². The molecule has 9 nitrogen and oxygen atoms in total. The van der Waals surface area contributed by atoms with Crippen molar-refractivity contribution in [2.75, 3.05) is 37.4 Å². The fourth-order valence-electron chi connectivity index (χ4n) is 5.38. The summed E-state index contributed by atoms with van der Waals surface area (Å²) in [5.41, 5.74) is 5.97.